The van der Waals surface area contributed by atoms with Gasteiger partial charge >= 0.3 is 0 Å². The van der Waals surface area contributed by atoms with Gasteiger partial charge in [0.25, 0.3) is 0 Å². The van der Waals surface area contributed by atoms with Crippen molar-refractivity contribution in [1.29, 1.82) is 0 Å². The Kier molecular flexibility index (Phi) is 3.06. The number of aromatic nitrogens is 2. The molecule has 6 heteroatoms. The number of fused-ring (bicyclic) bond motifs is 1. The molecule has 2 atom stereocenters. The summed E-state index contributed by atoms with van der Waals surface area (Å²) in [5.41, 5.74) is 1.05. The van der Waals surface area contributed by atoms with Crippen LogP contribution in [0.25, 0.3) is 0 Å². The van der Waals surface area contributed by atoms with Crippen LogP contribution in [0.5, 0.6) is 0 Å². The van der Waals surface area contributed by atoms with E-state index in [9.17, 15) is 4.79 Å². The molecule has 0 radical (unpaired) electrons. The zero-order valence-electron chi connectivity index (χ0n) is 12.2. The van der Waals surface area contributed by atoms with E-state index in [4.69, 9.17) is 4.74 Å². The van der Waals surface area contributed by atoms with Crippen molar-refractivity contribution in [3.63, 3.8) is 0 Å². The highest BCUT2D eigenvalue weighted by atomic mass is 16.5. The van der Waals surface area contributed by atoms with Gasteiger partial charge in [0.1, 0.15) is 6.61 Å². The summed E-state index contributed by atoms with van der Waals surface area (Å²) in [6.45, 7) is 4.63. The second-order valence-electron chi connectivity index (χ2n) is 6.37. The Balaban J connectivity index is 1.51. The van der Waals surface area contributed by atoms with E-state index in [0.717, 1.165) is 31.1 Å². The van der Waals surface area contributed by atoms with Gasteiger partial charge in [-0.25, -0.2) is 9.97 Å². The van der Waals surface area contributed by atoms with Gasteiger partial charge in [-0.05, 0) is 31.2 Å². The van der Waals surface area contributed by atoms with Crippen LogP contribution in [0.15, 0.2) is 12.4 Å². The van der Waals surface area contributed by atoms with Crippen molar-refractivity contribution in [3.8, 4) is 0 Å². The van der Waals surface area contributed by atoms with Gasteiger partial charge in [-0.2, -0.15) is 0 Å². The lowest BCUT2D eigenvalue weighted by atomic mass is 10.1. The van der Waals surface area contributed by atoms with Crippen LogP contribution in [0.4, 0.5) is 5.95 Å². The number of amides is 1. The number of nitrogens with zero attached hydrogens (tertiary/aromatic N) is 4. The van der Waals surface area contributed by atoms with E-state index in [2.05, 4.69) is 14.9 Å². The summed E-state index contributed by atoms with van der Waals surface area (Å²) in [4.78, 5) is 25.1. The highest BCUT2D eigenvalue weighted by molar-refractivity contribution is 5.79. The quantitative estimate of drug-likeness (QED) is 0.815. The van der Waals surface area contributed by atoms with Crippen molar-refractivity contribution in [2.75, 3.05) is 31.1 Å². The van der Waals surface area contributed by atoms with E-state index in [-0.39, 0.29) is 24.7 Å². The van der Waals surface area contributed by atoms with Crippen LogP contribution >= 0.6 is 0 Å². The van der Waals surface area contributed by atoms with Crippen LogP contribution in [0.2, 0.25) is 0 Å². The second-order valence-corrected chi connectivity index (χ2v) is 6.37. The smallest absolute Gasteiger partial charge is 0.248 e. The zero-order valence-corrected chi connectivity index (χ0v) is 12.2. The van der Waals surface area contributed by atoms with Crippen molar-refractivity contribution >= 4 is 11.9 Å². The van der Waals surface area contributed by atoms with Gasteiger partial charge < -0.3 is 14.5 Å². The van der Waals surface area contributed by atoms with Crippen molar-refractivity contribution < 1.29 is 9.53 Å². The molecule has 2 aliphatic heterocycles. The summed E-state index contributed by atoms with van der Waals surface area (Å²) in [7, 11) is 0. The highest BCUT2D eigenvalue weighted by Gasteiger charge is 2.45. The number of morpholine rings is 1. The van der Waals surface area contributed by atoms with E-state index in [1.807, 2.05) is 24.2 Å². The number of anilines is 1. The fourth-order valence-electron chi connectivity index (χ4n) is 3.19. The standard InChI is InChI=1S/C15H20N4O2/c1-10-4-16-15(17-5-10)18-7-12-13(8-18)21-9-14(20)19(12)6-11-2-3-11/h4-5,11-13H,2-3,6-9H2,1H3/t12-,13-/m0/s1. The summed E-state index contributed by atoms with van der Waals surface area (Å²) in [5, 5.41) is 0. The van der Waals surface area contributed by atoms with Gasteiger partial charge in [-0.15, -0.1) is 0 Å². The van der Waals surface area contributed by atoms with Gasteiger partial charge in [-0.1, -0.05) is 0 Å². The Bertz CT molecular complexity index is 543. The van der Waals surface area contributed by atoms with Crippen LogP contribution in [0.1, 0.15) is 18.4 Å². The average Bonchev–Trinajstić information content (AvgIpc) is 3.20. The van der Waals surface area contributed by atoms with E-state index in [1.165, 1.54) is 12.8 Å². The molecule has 0 unspecified atom stereocenters. The first kappa shape index (κ1) is 13.0. The van der Waals surface area contributed by atoms with E-state index < -0.39 is 0 Å². The van der Waals surface area contributed by atoms with Crippen LogP contribution in [0.3, 0.4) is 0 Å². The van der Waals surface area contributed by atoms with Gasteiger partial charge in [-0.3, -0.25) is 4.79 Å². The molecule has 0 N–H and O–H groups in total. The third-order valence-electron chi connectivity index (χ3n) is 4.58. The molecule has 0 aromatic carbocycles. The molecule has 3 aliphatic rings. The van der Waals surface area contributed by atoms with Crippen molar-refractivity contribution in [2.24, 2.45) is 5.92 Å². The Morgan fingerprint density at radius 1 is 1.29 bits per heavy atom. The topological polar surface area (TPSA) is 58.6 Å². The molecule has 1 aromatic rings. The SMILES string of the molecule is Cc1cnc(N2C[C@@H]3OCC(=O)N(CC4CC4)[C@H]3C2)nc1. The van der Waals surface area contributed by atoms with Gasteiger partial charge in [0, 0.05) is 32.0 Å². The molecule has 3 fully saturated rings. The predicted molar refractivity (Wildman–Crippen MR) is 76.9 cm³/mol. The Hall–Kier alpha value is -1.69. The van der Waals surface area contributed by atoms with Crippen LogP contribution in [0, 0.1) is 12.8 Å². The molecule has 4 rings (SSSR count). The maximum Gasteiger partial charge on any atom is 0.248 e. The maximum absolute atomic E-state index is 12.1. The highest BCUT2D eigenvalue weighted by Crippen LogP contribution is 2.33. The summed E-state index contributed by atoms with van der Waals surface area (Å²) in [6.07, 6.45) is 6.27. The van der Waals surface area contributed by atoms with E-state index in [1.54, 1.807) is 0 Å². The van der Waals surface area contributed by atoms with Crippen LogP contribution < -0.4 is 4.90 Å². The summed E-state index contributed by atoms with van der Waals surface area (Å²) in [6, 6.07) is 0.150. The Morgan fingerprint density at radius 3 is 2.76 bits per heavy atom. The fraction of sp³-hybridized carbons (Fsp3) is 0.667. The first-order valence-electron chi connectivity index (χ1n) is 7.65. The Morgan fingerprint density at radius 2 is 2.05 bits per heavy atom. The van der Waals surface area contributed by atoms with Crippen LogP contribution in [-0.2, 0) is 9.53 Å². The predicted octanol–water partition coefficient (Wildman–Crippen LogP) is 0.611. The largest absolute Gasteiger partial charge is 0.364 e. The van der Waals surface area contributed by atoms with Gasteiger partial charge in [0.15, 0.2) is 0 Å². The molecule has 112 valence electrons. The molecule has 0 spiro atoms. The molecule has 3 heterocycles. The minimum atomic E-state index is 0.0892. The maximum atomic E-state index is 12.1. The summed E-state index contributed by atoms with van der Waals surface area (Å²) < 4.78 is 5.73. The zero-order chi connectivity index (χ0) is 14.4. The normalized spacial score (nSPS) is 28.9. The van der Waals surface area contributed by atoms with Crippen molar-refractivity contribution in [2.45, 2.75) is 31.9 Å². The lowest BCUT2D eigenvalue weighted by Gasteiger charge is -2.36. The average molecular weight is 288 g/mol. The van der Waals surface area contributed by atoms with Gasteiger partial charge in [0.2, 0.25) is 11.9 Å². The molecule has 1 amide bonds. The number of hydrogen-bond donors (Lipinski definition) is 0. The van der Waals surface area contributed by atoms with Gasteiger partial charge in [0.05, 0.1) is 12.1 Å². The summed E-state index contributed by atoms with van der Waals surface area (Å²) in [5.74, 6) is 1.57. The van der Waals surface area contributed by atoms with Crippen LogP contribution in [-0.4, -0.2) is 59.2 Å². The lowest BCUT2D eigenvalue weighted by molar-refractivity contribution is -0.153. The van der Waals surface area contributed by atoms with Crippen molar-refractivity contribution in [3.05, 3.63) is 18.0 Å². The molecule has 21 heavy (non-hydrogen) atoms. The number of rotatable bonds is 3. The third kappa shape index (κ3) is 2.48. The van der Waals surface area contributed by atoms with E-state index >= 15 is 0 Å². The molecular formula is C15H20N4O2. The second kappa shape index (κ2) is 4.94. The first-order chi connectivity index (χ1) is 10.2. The lowest BCUT2D eigenvalue weighted by Crippen LogP contribution is -2.54. The number of aryl methyl sites for hydroxylation is 1. The number of carbonyl (C=O) groups is 1. The Labute approximate surface area is 124 Å². The first-order valence-corrected chi connectivity index (χ1v) is 7.65. The molecule has 1 aliphatic carbocycles. The summed E-state index contributed by atoms with van der Waals surface area (Å²) >= 11 is 0. The minimum absolute atomic E-state index is 0.0892. The number of ether oxygens (including phenoxy) is 1. The monoisotopic (exact) mass is 288 g/mol. The number of hydrogen-bond acceptors (Lipinski definition) is 5. The minimum Gasteiger partial charge on any atom is -0.364 e. The molecule has 1 saturated carbocycles. The van der Waals surface area contributed by atoms with E-state index in [0.29, 0.717) is 5.92 Å². The third-order valence-corrected chi connectivity index (χ3v) is 4.58. The fourth-order valence-corrected chi connectivity index (χ4v) is 3.19. The molecule has 6 nitrogen and oxygen atoms in total. The molecule has 1 aromatic heterocycles. The molecule has 0 bridgehead atoms. The number of carbonyl (C=O) groups excluding carboxylic acids is 1. The van der Waals surface area contributed by atoms with Crippen molar-refractivity contribution in [1.82, 2.24) is 14.9 Å². The molecular weight excluding hydrogens is 268 g/mol. The molecule has 2 saturated heterocycles.